The summed E-state index contributed by atoms with van der Waals surface area (Å²) in [5, 5.41) is 10.0. The molecule has 1 saturated heterocycles. The van der Waals surface area contributed by atoms with Crippen LogP contribution in [0, 0.1) is 6.92 Å². The second-order valence-corrected chi connectivity index (χ2v) is 5.53. The highest BCUT2D eigenvalue weighted by Crippen LogP contribution is 2.31. The number of likely N-dealkylation sites (N-methyl/N-ethyl adjacent to an activating group) is 1. The molecule has 1 atom stereocenters. The van der Waals surface area contributed by atoms with Gasteiger partial charge in [-0.15, -0.1) is 11.3 Å². The second-order valence-electron chi connectivity index (χ2n) is 4.50. The van der Waals surface area contributed by atoms with Crippen LogP contribution in [-0.4, -0.2) is 40.6 Å². The zero-order valence-electron chi connectivity index (χ0n) is 10.3. The van der Waals surface area contributed by atoms with E-state index < -0.39 is 5.97 Å². The predicted molar refractivity (Wildman–Crippen MR) is 67.9 cm³/mol. The van der Waals surface area contributed by atoms with Crippen molar-refractivity contribution in [3.63, 3.8) is 0 Å². The van der Waals surface area contributed by atoms with Crippen molar-refractivity contribution in [2.75, 3.05) is 19.6 Å². The van der Waals surface area contributed by atoms with Gasteiger partial charge in [0.15, 0.2) is 0 Å². The van der Waals surface area contributed by atoms with Crippen molar-refractivity contribution in [3.8, 4) is 0 Å². The average molecular weight is 254 g/mol. The van der Waals surface area contributed by atoms with E-state index in [0.717, 1.165) is 31.1 Å². The normalized spacial score (nSPS) is 21.6. The molecular weight excluding hydrogens is 236 g/mol. The van der Waals surface area contributed by atoms with E-state index in [1.54, 1.807) is 6.92 Å². The topological polar surface area (TPSA) is 53.4 Å². The van der Waals surface area contributed by atoms with Gasteiger partial charge in [-0.1, -0.05) is 6.92 Å². The Kier molecular flexibility index (Phi) is 3.79. The molecule has 2 heterocycles. The zero-order valence-corrected chi connectivity index (χ0v) is 11.1. The number of aromatic nitrogens is 1. The van der Waals surface area contributed by atoms with E-state index in [4.69, 9.17) is 5.11 Å². The summed E-state index contributed by atoms with van der Waals surface area (Å²) in [5.41, 5.74) is 0.658. The van der Waals surface area contributed by atoms with Crippen LogP contribution in [0.15, 0.2) is 0 Å². The summed E-state index contributed by atoms with van der Waals surface area (Å²) in [6.45, 7) is 7.18. The van der Waals surface area contributed by atoms with Gasteiger partial charge < -0.3 is 10.0 Å². The maximum Gasteiger partial charge on any atom is 0.347 e. The minimum atomic E-state index is -0.852. The lowest BCUT2D eigenvalue weighted by Crippen LogP contribution is -2.34. The lowest BCUT2D eigenvalue weighted by molar-refractivity contribution is 0.0701. The number of carboxylic acids is 1. The van der Waals surface area contributed by atoms with E-state index >= 15 is 0 Å². The lowest BCUT2D eigenvalue weighted by atomic mass is 9.99. The Morgan fingerprint density at radius 3 is 3.00 bits per heavy atom. The Hall–Kier alpha value is -0.940. The smallest absolute Gasteiger partial charge is 0.347 e. The first-order valence-electron chi connectivity index (χ1n) is 6.04. The summed E-state index contributed by atoms with van der Waals surface area (Å²) >= 11 is 1.35. The molecule has 0 aliphatic carbocycles. The number of likely N-dealkylation sites (tertiary alicyclic amines) is 1. The predicted octanol–water partition coefficient (Wildman–Crippen LogP) is 2.35. The van der Waals surface area contributed by atoms with Gasteiger partial charge in [0.25, 0.3) is 0 Å². The van der Waals surface area contributed by atoms with Crippen molar-refractivity contribution in [1.29, 1.82) is 0 Å². The van der Waals surface area contributed by atoms with Crippen molar-refractivity contribution >= 4 is 17.3 Å². The zero-order chi connectivity index (χ0) is 12.4. The van der Waals surface area contributed by atoms with Crippen LogP contribution in [-0.2, 0) is 0 Å². The molecular formula is C12H18N2O2S. The number of hydrogen-bond acceptors (Lipinski definition) is 4. The van der Waals surface area contributed by atoms with Gasteiger partial charge in [-0.3, -0.25) is 0 Å². The van der Waals surface area contributed by atoms with Gasteiger partial charge in [-0.25, -0.2) is 9.78 Å². The highest BCUT2D eigenvalue weighted by Gasteiger charge is 2.25. The molecule has 0 radical (unpaired) electrons. The third kappa shape index (κ3) is 2.66. The van der Waals surface area contributed by atoms with E-state index in [9.17, 15) is 4.79 Å². The molecule has 5 heteroatoms. The molecule has 17 heavy (non-hydrogen) atoms. The summed E-state index contributed by atoms with van der Waals surface area (Å²) in [6.07, 6.45) is 2.31. The third-order valence-corrected chi connectivity index (χ3v) is 4.62. The Balaban J connectivity index is 2.16. The van der Waals surface area contributed by atoms with Crippen LogP contribution in [0.25, 0.3) is 0 Å². The number of rotatable bonds is 3. The number of carboxylic acid groups (broad SMARTS) is 1. The van der Waals surface area contributed by atoms with Crippen molar-refractivity contribution in [2.24, 2.45) is 0 Å². The second kappa shape index (κ2) is 5.14. The molecule has 1 aromatic rings. The maximum absolute atomic E-state index is 11.0. The Bertz CT molecular complexity index is 417. The van der Waals surface area contributed by atoms with Gasteiger partial charge in [-0.2, -0.15) is 0 Å². The number of aryl methyl sites for hydroxylation is 1. The molecule has 0 unspecified atom stereocenters. The van der Waals surface area contributed by atoms with Gasteiger partial charge in [0.2, 0.25) is 0 Å². The molecule has 0 amide bonds. The number of hydrogen-bond donors (Lipinski definition) is 1. The SMILES string of the molecule is CCN1CCC[C@@H](c2nc(C)c(C(=O)O)s2)C1. The molecule has 2 rings (SSSR count). The monoisotopic (exact) mass is 254 g/mol. The number of aromatic carboxylic acids is 1. The summed E-state index contributed by atoms with van der Waals surface area (Å²) in [5.74, 6) is -0.435. The van der Waals surface area contributed by atoms with E-state index in [-0.39, 0.29) is 0 Å². The largest absolute Gasteiger partial charge is 0.477 e. The Labute approximate surface area is 105 Å². The van der Waals surface area contributed by atoms with Crippen LogP contribution in [0.2, 0.25) is 0 Å². The molecule has 0 spiro atoms. The highest BCUT2D eigenvalue weighted by molar-refractivity contribution is 7.13. The summed E-state index contributed by atoms with van der Waals surface area (Å²) in [4.78, 5) is 18.2. The highest BCUT2D eigenvalue weighted by atomic mass is 32.1. The summed E-state index contributed by atoms with van der Waals surface area (Å²) in [6, 6.07) is 0. The van der Waals surface area contributed by atoms with Crippen molar-refractivity contribution in [2.45, 2.75) is 32.6 Å². The van der Waals surface area contributed by atoms with Crippen LogP contribution in [0.1, 0.15) is 46.1 Å². The van der Waals surface area contributed by atoms with Crippen molar-refractivity contribution in [3.05, 3.63) is 15.6 Å². The first-order valence-corrected chi connectivity index (χ1v) is 6.86. The van der Waals surface area contributed by atoms with E-state index in [1.807, 2.05) is 0 Å². The van der Waals surface area contributed by atoms with Crippen LogP contribution in [0.3, 0.4) is 0 Å². The molecule has 1 fully saturated rings. The molecule has 4 nitrogen and oxygen atoms in total. The van der Waals surface area contributed by atoms with Gasteiger partial charge in [-0.05, 0) is 32.9 Å². The van der Waals surface area contributed by atoms with E-state index in [2.05, 4.69) is 16.8 Å². The van der Waals surface area contributed by atoms with Crippen molar-refractivity contribution < 1.29 is 9.90 Å². The number of nitrogens with zero attached hydrogens (tertiary/aromatic N) is 2. The summed E-state index contributed by atoms with van der Waals surface area (Å²) < 4.78 is 0. The quantitative estimate of drug-likeness (QED) is 0.899. The van der Waals surface area contributed by atoms with Gasteiger partial charge in [0.05, 0.1) is 10.7 Å². The maximum atomic E-state index is 11.0. The van der Waals surface area contributed by atoms with Crippen LogP contribution in [0.5, 0.6) is 0 Å². The molecule has 1 aromatic heterocycles. The van der Waals surface area contributed by atoms with Gasteiger partial charge in [0.1, 0.15) is 4.88 Å². The van der Waals surface area contributed by atoms with Crippen molar-refractivity contribution in [1.82, 2.24) is 9.88 Å². The number of piperidine rings is 1. The number of thiazole rings is 1. The van der Waals surface area contributed by atoms with E-state index in [1.165, 1.54) is 17.8 Å². The fourth-order valence-electron chi connectivity index (χ4n) is 2.33. The molecule has 1 aliphatic heterocycles. The first kappa shape index (κ1) is 12.5. The fraction of sp³-hybridized carbons (Fsp3) is 0.667. The molecule has 1 aliphatic rings. The molecule has 0 aromatic carbocycles. The van der Waals surface area contributed by atoms with Gasteiger partial charge >= 0.3 is 5.97 Å². The molecule has 0 saturated carbocycles. The van der Waals surface area contributed by atoms with E-state index in [0.29, 0.717) is 16.5 Å². The third-order valence-electron chi connectivity index (χ3n) is 3.31. The van der Waals surface area contributed by atoms with Gasteiger partial charge in [0, 0.05) is 12.5 Å². The Morgan fingerprint density at radius 2 is 2.41 bits per heavy atom. The van der Waals surface area contributed by atoms with Crippen LogP contribution in [0.4, 0.5) is 0 Å². The Morgan fingerprint density at radius 1 is 1.65 bits per heavy atom. The summed E-state index contributed by atoms with van der Waals surface area (Å²) in [7, 11) is 0. The molecule has 1 N–H and O–H groups in total. The minimum Gasteiger partial charge on any atom is -0.477 e. The van der Waals surface area contributed by atoms with Crippen LogP contribution < -0.4 is 0 Å². The van der Waals surface area contributed by atoms with Crippen LogP contribution >= 0.6 is 11.3 Å². The first-order chi connectivity index (χ1) is 8.11. The number of carbonyl (C=O) groups is 1. The minimum absolute atomic E-state index is 0.397. The lowest BCUT2D eigenvalue weighted by Gasteiger charge is -2.30. The molecule has 0 bridgehead atoms. The molecule has 94 valence electrons. The fourth-order valence-corrected chi connectivity index (χ4v) is 3.37. The average Bonchev–Trinajstić information content (AvgIpc) is 2.71. The standard InChI is InChI=1S/C12H18N2O2S/c1-3-14-6-4-5-9(7-14)11-13-8(2)10(17-11)12(15)16/h9H,3-7H2,1-2H3,(H,15,16)/t9-/m1/s1.